The number of halogens is 6. The molecule has 786 valence electrons. The van der Waals surface area contributed by atoms with Gasteiger partial charge in [0.1, 0.15) is 5.75 Å². The second-order valence-corrected chi connectivity index (χ2v) is 32.6. The fourth-order valence-electron chi connectivity index (χ4n) is 14.3. The summed E-state index contributed by atoms with van der Waals surface area (Å²) in [5.74, 6) is 6.71. The number of benzene rings is 12. The Hall–Kier alpha value is -17.0. The van der Waals surface area contributed by atoms with Gasteiger partial charge in [-0.05, 0) is 208 Å². The Bertz CT molecular complexity index is 6520. The first kappa shape index (κ1) is 117. The topological polar surface area (TPSA) is 364 Å². The van der Waals surface area contributed by atoms with Crippen molar-refractivity contribution in [1.82, 2.24) is 0 Å². The van der Waals surface area contributed by atoms with Crippen LogP contribution in [0.2, 0.25) is 25.1 Å². The number of ketones is 4. The van der Waals surface area contributed by atoms with Gasteiger partial charge in [0.2, 0.25) is 23.0 Å². The van der Waals surface area contributed by atoms with Gasteiger partial charge in [0.25, 0.3) is 0 Å². The van der Waals surface area contributed by atoms with E-state index in [9.17, 15) is 38.8 Å². The monoisotopic (exact) mass is 2150 g/mol. The molecule has 0 aliphatic rings. The van der Waals surface area contributed by atoms with E-state index < -0.39 is 22.3 Å². The number of rotatable bonds is 45. The highest BCUT2D eigenvalue weighted by Crippen LogP contribution is 2.47. The maximum atomic E-state index is 13.9. The van der Waals surface area contributed by atoms with Crippen molar-refractivity contribution in [1.29, 1.82) is 0 Å². The number of nitrogens with zero attached hydrogens (tertiary/aromatic N) is 1. The number of allylic oxidation sites excluding steroid dienone is 4. The maximum Gasteiger partial charge on any atom is 0.311 e. The molecule has 0 fully saturated rings. The number of anilines is 4. The molecule has 0 unspecified atom stereocenters. The van der Waals surface area contributed by atoms with Gasteiger partial charge in [-0.2, -0.15) is 0 Å². The molecule has 0 saturated heterocycles. The molecule has 12 aromatic rings. The van der Waals surface area contributed by atoms with Gasteiger partial charge < -0.3 is 121 Å². The molecule has 0 aromatic heterocycles. The van der Waals surface area contributed by atoms with Gasteiger partial charge in [0, 0.05) is 77.4 Å². The Morgan fingerprint density at radius 2 is 0.467 bits per heavy atom. The van der Waals surface area contributed by atoms with Crippen molar-refractivity contribution in [3.63, 3.8) is 0 Å². The number of carbonyl (C=O) groups is 4. The third kappa shape index (κ3) is 31.1. The van der Waals surface area contributed by atoms with Crippen LogP contribution < -0.4 is 116 Å². The minimum absolute atomic E-state index is 0.0643. The van der Waals surface area contributed by atoms with E-state index in [1.54, 1.807) is 151 Å². The van der Waals surface area contributed by atoms with Crippen molar-refractivity contribution in [2.24, 2.45) is 0 Å². The Kier molecular flexibility index (Phi) is 44.9. The van der Waals surface area contributed by atoms with Crippen LogP contribution in [0.25, 0.3) is 48.6 Å². The van der Waals surface area contributed by atoms with Crippen LogP contribution in [-0.2, 0) is 0 Å². The number of ether oxygens (including phenoxy) is 20. The van der Waals surface area contributed by atoms with Crippen LogP contribution in [0, 0.1) is 15.9 Å². The molecular formula is C112H109Cl5FN5O27. The largest absolute Gasteiger partial charge is 0.504 e. The second kappa shape index (κ2) is 57.8. The molecule has 0 spiro atoms. The van der Waals surface area contributed by atoms with Crippen LogP contribution >= 0.6 is 58.0 Å². The van der Waals surface area contributed by atoms with Gasteiger partial charge in [-0.15, -0.1) is 0 Å². The molecule has 5 N–H and O–H groups in total. The van der Waals surface area contributed by atoms with Gasteiger partial charge in [0.15, 0.2) is 121 Å². The number of nitro groups is 1. The molecular weight excluding hydrogens is 2040 g/mol. The van der Waals surface area contributed by atoms with Gasteiger partial charge >= 0.3 is 5.69 Å². The smallest absolute Gasteiger partial charge is 0.311 e. The molecule has 12 aromatic carbocycles. The van der Waals surface area contributed by atoms with Crippen molar-refractivity contribution >= 4 is 158 Å². The summed E-state index contributed by atoms with van der Waals surface area (Å²) in [6.07, 6.45) is 26.0. The molecule has 150 heavy (non-hydrogen) atoms. The van der Waals surface area contributed by atoms with Crippen molar-refractivity contribution in [2.75, 3.05) is 163 Å². The average Bonchev–Trinajstić information content (AvgIpc) is 0.818. The molecule has 12 rings (SSSR count). The third-order valence-corrected chi connectivity index (χ3v) is 23.0. The van der Waals surface area contributed by atoms with Gasteiger partial charge in [0.05, 0.1) is 195 Å². The molecule has 0 bridgehead atoms. The molecule has 38 heteroatoms. The summed E-state index contributed by atoms with van der Waals surface area (Å²) in [6, 6.07) is 46.1. The standard InChI is InChI=1S/C28H27Cl2NO6.C28H27ClFNO6.C28H27ClN2O8.C28H28ClNO7/c1-33-24-9-8-19(16-20(24)29)23(32)10-11-31-22-13-17(12-21(30)27(22)36-4)6-7-18-14-25(34-2)28(37-5)26(15-18)35-3;1-33-24-9-8-19(16-21(24)30)23(32)10-11-31-22-13-17(12-20(29)27(22)36-4)6-7-18-14-25(34-2)28(37-5)26(15-18)35-3;1-35-24-9-8-19(16-22(24)31(33)34)23(32)10-11-30-21-13-17(12-20(29)27(21)38-4)6-7-18-14-25(36-2)28(39-5)26(15-18)37-3;1-33-24-9-8-19(16-23(24)32)22(31)10-11-30-21-13-17(12-20(29)27(21)36-4)6-7-18-14-25(34-2)28(37-5)26(15-18)35-3/h2*6-16,31H,1-5H3;6-16,30H,1-5H3;6-16,30,32H,1-5H3/b4*7-6-,11-10-. The van der Waals surface area contributed by atoms with Crippen LogP contribution in [0.5, 0.6) is 121 Å². The molecule has 32 nitrogen and oxygen atoms in total. The van der Waals surface area contributed by atoms with Gasteiger partial charge in [-0.25, -0.2) is 4.39 Å². The van der Waals surface area contributed by atoms with Crippen molar-refractivity contribution in [3.8, 4) is 121 Å². The number of methoxy groups -OCH3 is 20. The summed E-state index contributed by atoms with van der Waals surface area (Å²) in [5, 5.41) is 35.2. The fourth-order valence-corrected chi connectivity index (χ4v) is 15.8. The van der Waals surface area contributed by atoms with E-state index >= 15 is 0 Å². The zero-order valence-electron chi connectivity index (χ0n) is 85.2. The normalized spacial score (nSPS) is 11.0. The Labute approximate surface area is 891 Å². The lowest BCUT2D eigenvalue weighted by Crippen LogP contribution is -2.00. The molecule has 0 radical (unpaired) electrons. The van der Waals surface area contributed by atoms with Crippen LogP contribution in [0.4, 0.5) is 32.8 Å². The van der Waals surface area contributed by atoms with E-state index in [0.717, 1.165) is 56.6 Å². The van der Waals surface area contributed by atoms with Crippen molar-refractivity contribution in [2.45, 2.75) is 0 Å². The van der Waals surface area contributed by atoms with Gasteiger partial charge in [-0.1, -0.05) is 107 Å². The van der Waals surface area contributed by atoms with Crippen molar-refractivity contribution in [3.05, 3.63) is 327 Å². The molecule has 0 heterocycles. The SMILES string of the molecule is COc1ccc(C(=O)/C=C\Nc2cc(/C=C\c3cc(OC)c(OC)c(OC)c3)cc(Cl)c2OC)cc1Cl.COc1ccc(C(=O)/C=C\Nc2cc(/C=C\c3cc(OC)c(OC)c(OC)c3)cc(Cl)c2OC)cc1F.COc1ccc(C(=O)/C=C\Nc2cc(/C=C\c3cc(OC)c(OC)c(OC)c3)cc(Cl)c2OC)cc1O.COc1ccc(C(=O)/C=C\Nc2cc(/C=C\c3cc(OC)c(OC)c(OC)c3)cc(Cl)c2OC)cc1[N+](=O)[O-]. The highest BCUT2D eigenvalue weighted by molar-refractivity contribution is 6.34. The Morgan fingerprint density at radius 3 is 0.687 bits per heavy atom. The molecule has 0 amide bonds. The van der Waals surface area contributed by atoms with E-state index in [0.29, 0.717) is 157 Å². The van der Waals surface area contributed by atoms with Crippen molar-refractivity contribution < 1.29 is 128 Å². The maximum absolute atomic E-state index is 13.9. The lowest BCUT2D eigenvalue weighted by atomic mass is 10.1. The molecule has 0 atom stereocenters. The fraction of sp³-hybridized carbons (Fsp3) is 0.179. The first-order valence-corrected chi connectivity index (χ1v) is 46.4. The van der Waals surface area contributed by atoms with E-state index in [2.05, 4.69) is 21.3 Å². The summed E-state index contributed by atoms with van der Waals surface area (Å²) in [4.78, 5) is 60.8. The first-order valence-electron chi connectivity index (χ1n) is 44.5. The molecule has 0 aliphatic carbocycles. The number of phenolic OH excluding ortho intramolecular Hbond substituents is 1. The summed E-state index contributed by atoms with van der Waals surface area (Å²) in [5.41, 5.74) is 9.26. The average molecular weight is 2150 g/mol. The summed E-state index contributed by atoms with van der Waals surface area (Å²) in [7, 11) is 30.2. The number of nitro benzene ring substituents is 1. The molecule has 0 aliphatic heterocycles. The zero-order chi connectivity index (χ0) is 109. The zero-order valence-corrected chi connectivity index (χ0v) is 89.0. The number of phenols is 1. The number of hydrogen-bond acceptors (Lipinski definition) is 31. The van der Waals surface area contributed by atoms with E-state index in [4.69, 9.17) is 153 Å². The lowest BCUT2D eigenvalue weighted by Gasteiger charge is -2.13. The van der Waals surface area contributed by atoms with Crippen LogP contribution in [0.1, 0.15) is 85.9 Å². The quantitative estimate of drug-likeness (QED) is 0.00778. The summed E-state index contributed by atoms with van der Waals surface area (Å²) < 4.78 is 120. The van der Waals surface area contributed by atoms with E-state index in [1.165, 1.54) is 149 Å². The van der Waals surface area contributed by atoms with Crippen LogP contribution in [0.15, 0.2) is 219 Å². The van der Waals surface area contributed by atoms with Crippen LogP contribution in [-0.4, -0.2) is 175 Å². The second-order valence-electron chi connectivity index (χ2n) is 30.6. The third-order valence-electron chi connectivity index (χ3n) is 21.6. The minimum atomic E-state index is -0.616. The van der Waals surface area contributed by atoms with E-state index in [1.807, 2.05) is 97.1 Å². The Morgan fingerprint density at radius 1 is 0.253 bits per heavy atom. The number of aromatic hydroxyl groups is 1. The summed E-state index contributed by atoms with van der Waals surface area (Å²) >= 11 is 31.9. The Balaban J connectivity index is 0.000000222. The number of carbonyl (C=O) groups excluding carboxylic acids is 4. The lowest BCUT2D eigenvalue weighted by molar-refractivity contribution is -0.385. The van der Waals surface area contributed by atoms with E-state index in [-0.39, 0.29) is 51.4 Å². The summed E-state index contributed by atoms with van der Waals surface area (Å²) in [6.45, 7) is 0. The predicted octanol–water partition coefficient (Wildman–Crippen LogP) is 25.9. The first-order chi connectivity index (χ1) is 72.3. The minimum Gasteiger partial charge on any atom is -0.504 e. The van der Waals surface area contributed by atoms with Crippen LogP contribution in [0.3, 0.4) is 0 Å². The number of nitrogens with one attached hydrogen (secondary N) is 4. The highest BCUT2D eigenvalue weighted by Gasteiger charge is 2.23. The number of hydrogen-bond donors (Lipinski definition) is 5. The van der Waals surface area contributed by atoms with Gasteiger partial charge in [-0.3, -0.25) is 29.3 Å². The molecule has 0 saturated carbocycles. The predicted molar refractivity (Wildman–Crippen MR) is 586 cm³/mol. The highest BCUT2D eigenvalue weighted by atomic mass is 35.5.